The molecule has 1 aromatic rings. The van der Waals surface area contributed by atoms with Crippen LogP contribution in [0.25, 0.3) is 6.08 Å². The number of amides is 2. The molecule has 23 heavy (non-hydrogen) atoms. The summed E-state index contributed by atoms with van der Waals surface area (Å²) in [6.07, 6.45) is 8.46. The van der Waals surface area contributed by atoms with Crippen molar-refractivity contribution in [2.75, 3.05) is 6.54 Å². The van der Waals surface area contributed by atoms with Crippen molar-refractivity contribution in [1.29, 1.82) is 0 Å². The van der Waals surface area contributed by atoms with Crippen LogP contribution in [0.3, 0.4) is 0 Å². The van der Waals surface area contributed by atoms with Crippen LogP contribution in [0.5, 0.6) is 0 Å². The molecule has 1 aliphatic rings. The van der Waals surface area contributed by atoms with Crippen molar-refractivity contribution in [2.45, 2.75) is 32.1 Å². The first kappa shape index (κ1) is 16.9. The lowest BCUT2D eigenvalue weighted by molar-refractivity contribution is -0.139. The Kier molecular flexibility index (Phi) is 6.54. The second kappa shape index (κ2) is 8.88. The molecular formula is C18H22N2O3. The molecule has 1 aromatic carbocycles. The summed E-state index contributed by atoms with van der Waals surface area (Å²) in [6.45, 7) is -0.158. The molecule has 0 saturated heterocycles. The van der Waals surface area contributed by atoms with E-state index in [-0.39, 0.29) is 12.5 Å². The number of carbonyl (C=O) groups is 3. The fourth-order valence-electron chi connectivity index (χ4n) is 2.76. The van der Waals surface area contributed by atoms with Gasteiger partial charge in [-0.25, -0.2) is 5.01 Å². The highest BCUT2D eigenvalue weighted by molar-refractivity contribution is 5.94. The molecule has 0 unspecified atom stereocenters. The summed E-state index contributed by atoms with van der Waals surface area (Å²) in [6, 6.07) is 9.37. The van der Waals surface area contributed by atoms with Gasteiger partial charge in [0.2, 0.25) is 5.91 Å². The average Bonchev–Trinajstić information content (AvgIpc) is 3.06. The van der Waals surface area contributed by atoms with E-state index in [1.807, 2.05) is 30.3 Å². The van der Waals surface area contributed by atoms with Crippen LogP contribution in [0.15, 0.2) is 36.4 Å². The molecule has 1 fully saturated rings. The number of nitrogens with one attached hydrogen (secondary N) is 1. The first-order valence-electron chi connectivity index (χ1n) is 7.97. The average molecular weight is 314 g/mol. The van der Waals surface area contributed by atoms with Gasteiger partial charge in [0.25, 0.3) is 5.91 Å². The van der Waals surface area contributed by atoms with Gasteiger partial charge in [0.05, 0.1) is 6.54 Å². The molecule has 2 rings (SSSR count). The standard InChI is InChI=1S/C18H22N2O3/c21-13-12-20(19-17(22)14-16-8-4-5-9-16)18(23)11-10-15-6-2-1-3-7-15/h1-3,6-7,10-11,13,16H,4-5,8-9,12,14H2,(H,19,22)/b11-10+. The molecule has 0 aliphatic heterocycles. The number of rotatable bonds is 6. The van der Waals surface area contributed by atoms with Gasteiger partial charge in [-0.3, -0.25) is 15.0 Å². The minimum Gasteiger partial charge on any atom is -0.301 e. The summed E-state index contributed by atoms with van der Waals surface area (Å²) < 4.78 is 0. The van der Waals surface area contributed by atoms with Gasteiger partial charge in [-0.2, -0.15) is 0 Å². The van der Waals surface area contributed by atoms with Crippen LogP contribution in [-0.4, -0.2) is 29.7 Å². The van der Waals surface area contributed by atoms with Gasteiger partial charge < -0.3 is 4.79 Å². The van der Waals surface area contributed by atoms with Crippen molar-refractivity contribution < 1.29 is 14.4 Å². The van der Waals surface area contributed by atoms with Crippen molar-refractivity contribution in [3.05, 3.63) is 42.0 Å². The Morgan fingerprint density at radius 3 is 2.52 bits per heavy atom. The van der Waals surface area contributed by atoms with Crippen molar-refractivity contribution >= 4 is 24.2 Å². The predicted molar refractivity (Wildman–Crippen MR) is 88.0 cm³/mol. The molecule has 0 spiro atoms. The van der Waals surface area contributed by atoms with E-state index in [9.17, 15) is 14.4 Å². The van der Waals surface area contributed by atoms with Crippen LogP contribution in [0, 0.1) is 5.92 Å². The largest absolute Gasteiger partial charge is 0.301 e. The fourth-order valence-corrected chi connectivity index (χ4v) is 2.76. The molecule has 5 heteroatoms. The van der Waals surface area contributed by atoms with E-state index in [2.05, 4.69) is 5.43 Å². The van der Waals surface area contributed by atoms with E-state index in [1.165, 1.54) is 6.08 Å². The third-order valence-electron chi connectivity index (χ3n) is 3.95. The maximum Gasteiger partial charge on any atom is 0.265 e. The van der Waals surface area contributed by atoms with E-state index in [1.54, 1.807) is 6.08 Å². The summed E-state index contributed by atoms with van der Waals surface area (Å²) in [5.74, 6) is -0.232. The predicted octanol–water partition coefficient (Wildman–Crippen LogP) is 2.34. The zero-order valence-corrected chi connectivity index (χ0v) is 13.1. The molecule has 5 nitrogen and oxygen atoms in total. The quantitative estimate of drug-likeness (QED) is 0.498. The number of hydrogen-bond donors (Lipinski definition) is 1. The van der Waals surface area contributed by atoms with Crippen molar-refractivity contribution in [3.8, 4) is 0 Å². The van der Waals surface area contributed by atoms with Gasteiger partial charge >= 0.3 is 0 Å². The van der Waals surface area contributed by atoms with Crippen molar-refractivity contribution in [1.82, 2.24) is 10.4 Å². The minimum atomic E-state index is -0.416. The second-order valence-electron chi connectivity index (χ2n) is 5.75. The van der Waals surface area contributed by atoms with E-state index in [0.29, 0.717) is 18.6 Å². The second-order valence-corrected chi connectivity index (χ2v) is 5.75. The topological polar surface area (TPSA) is 66.5 Å². The van der Waals surface area contributed by atoms with E-state index in [0.717, 1.165) is 36.3 Å². The third kappa shape index (κ3) is 5.70. The molecule has 122 valence electrons. The number of hydrazine groups is 1. The van der Waals surface area contributed by atoms with E-state index >= 15 is 0 Å². The van der Waals surface area contributed by atoms with Gasteiger partial charge in [-0.1, -0.05) is 43.2 Å². The molecule has 0 heterocycles. The van der Waals surface area contributed by atoms with E-state index < -0.39 is 5.91 Å². The molecule has 0 atom stereocenters. The highest BCUT2D eigenvalue weighted by Crippen LogP contribution is 2.27. The zero-order valence-electron chi connectivity index (χ0n) is 13.1. The van der Waals surface area contributed by atoms with Crippen LogP contribution in [0.4, 0.5) is 0 Å². The number of aldehydes is 1. The maximum absolute atomic E-state index is 12.1. The molecule has 2 amide bonds. The first-order valence-corrected chi connectivity index (χ1v) is 7.97. The Morgan fingerprint density at radius 1 is 1.17 bits per heavy atom. The molecule has 1 N–H and O–H groups in total. The van der Waals surface area contributed by atoms with Gasteiger partial charge in [0.15, 0.2) is 0 Å². The van der Waals surface area contributed by atoms with Crippen LogP contribution in [-0.2, 0) is 14.4 Å². The SMILES string of the molecule is O=CCN(NC(=O)CC1CCCC1)C(=O)/C=C/c1ccccc1. The highest BCUT2D eigenvalue weighted by atomic mass is 16.2. The van der Waals surface area contributed by atoms with Crippen LogP contribution in [0.2, 0.25) is 0 Å². The monoisotopic (exact) mass is 314 g/mol. The Labute approximate surface area is 136 Å². The highest BCUT2D eigenvalue weighted by Gasteiger charge is 2.20. The molecule has 1 aliphatic carbocycles. The molecule has 0 radical (unpaired) electrons. The van der Waals surface area contributed by atoms with Crippen molar-refractivity contribution in [3.63, 3.8) is 0 Å². The minimum absolute atomic E-state index is 0.158. The third-order valence-corrected chi connectivity index (χ3v) is 3.95. The van der Waals surface area contributed by atoms with Crippen LogP contribution < -0.4 is 5.43 Å². The lowest BCUT2D eigenvalue weighted by Gasteiger charge is -2.20. The molecule has 0 bridgehead atoms. The van der Waals surface area contributed by atoms with Gasteiger partial charge in [0.1, 0.15) is 6.29 Å². The maximum atomic E-state index is 12.1. The van der Waals surface area contributed by atoms with E-state index in [4.69, 9.17) is 0 Å². The smallest absolute Gasteiger partial charge is 0.265 e. The van der Waals surface area contributed by atoms with Gasteiger partial charge in [-0.15, -0.1) is 0 Å². The normalized spacial score (nSPS) is 14.8. The lowest BCUT2D eigenvalue weighted by atomic mass is 10.0. The summed E-state index contributed by atoms with van der Waals surface area (Å²) in [7, 11) is 0. The lowest BCUT2D eigenvalue weighted by Crippen LogP contribution is -2.46. The zero-order chi connectivity index (χ0) is 16.5. The first-order chi connectivity index (χ1) is 11.2. The Bertz CT molecular complexity index is 563. The summed E-state index contributed by atoms with van der Waals surface area (Å²) >= 11 is 0. The Balaban J connectivity index is 1.90. The number of hydrogen-bond acceptors (Lipinski definition) is 3. The fraction of sp³-hybridized carbons (Fsp3) is 0.389. The summed E-state index contributed by atoms with van der Waals surface area (Å²) in [5.41, 5.74) is 3.42. The Hall–Kier alpha value is -2.43. The molecular weight excluding hydrogens is 292 g/mol. The van der Waals surface area contributed by atoms with Crippen LogP contribution >= 0.6 is 0 Å². The number of nitrogens with zero attached hydrogens (tertiary/aromatic N) is 1. The Morgan fingerprint density at radius 2 is 1.87 bits per heavy atom. The summed E-state index contributed by atoms with van der Waals surface area (Å²) in [4.78, 5) is 34.9. The van der Waals surface area contributed by atoms with Gasteiger partial charge in [-0.05, 0) is 30.4 Å². The van der Waals surface area contributed by atoms with Gasteiger partial charge in [0, 0.05) is 12.5 Å². The molecule has 1 saturated carbocycles. The van der Waals surface area contributed by atoms with Crippen molar-refractivity contribution in [2.24, 2.45) is 5.92 Å². The number of carbonyl (C=O) groups excluding carboxylic acids is 3. The van der Waals surface area contributed by atoms with Crippen LogP contribution in [0.1, 0.15) is 37.7 Å². The number of benzene rings is 1. The molecule has 0 aromatic heterocycles. The summed E-state index contributed by atoms with van der Waals surface area (Å²) in [5, 5.41) is 1.06.